The summed E-state index contributed by atoms with van der Waals surface area (Å²) in [5.74, 6) is -0.235. The molecular formula is C15H12ClN3OS. The van der Waals surface area contributed by atoms with Gasteiger partial charge in [-0.05, 0) is 36.2 Å². The zero-order valence-corrected chi connectivity index (χ0v) is 12.8. The zero-order chi connectivity index (χ0) is 14.8. The summed E-state index contributed by atoms with van der Waals surface area (Å²) >= 11 is 7.78. The highest BCUT2D eigenvalue weighted by Crippen LogP contribution is 2.35. The highest BCUT2D eigenvalue weighted by molar-refractivity contribution is 7.98. The Morgan fingerprint density at radius 2 is 2.00 bits per heavy atom. The summed E-state index contributed by atoms with van der Waals surface area (Å²) in [5.41, 5.74) is 1.85. The Labute approximate surface area is 131 Å². The minimum atomic E-state index is -0.235. The quantitative estimate of drug-likeness (QED) is 0.803. The topological polar surface area (TPSA) is 46.9 Å². The first-order valence-corrected chi connectivity index (χ1v) is 7.48. The van der Waals surface area contributed by atoms with E-state index in [-0.39, 0.29) is 5.91 Å². The number of carbonyl (C=O) groups excluding carboxylic acids is 1. The van der Waals surface area contributed by atoms with Gasteiger partial charge in [-0.2, -0.15) is 0 Å². The van der Waals surface area contributed by atoms with E-state index in [1.54, 1.807) is 13.2 Å². The molecule has 2 heterocycles. The largest absolute Gasteiger partial charge is 0.354 e. The van der Waals surface area contributed by atoms with Crippen LogP contribution in [0.4, 0.5) is 0 Å². The fourth-order valence-electron chi connectivity index (χ4n) is 2.04. The van der Waals surface area contributed by atoms with E-state index < -0.39 is 0 Å². The predicted molar refractivity (Wildman–Crippen MR) is 85.8 cm³/mol. The van der Waals surface area contributed by atoms with Crippen molar-refractivity contribution in [1.29, 1.82) is 0 Å². The summed E-state index contributed by atoms with van der Waals surface area (Å²) in [5, 5.41) is 2.99. The molecule has 2 aromatic heterocycles. The maximum atomic E-state index is 12.2. The molecule has 0 atom stereocenters. The van der Waals surface area contributed by atoms with Gasteiger partial charge in [0.25, 0.3) is 5.91 Å². The number of nitrogens with zero attached hydrogens (tertiary/aromatic N) is 2. The van der Waals surface area contributed by atoms with E-state index in [1.807, 2.05) is 46.4 Å². The minimum Gasteiger partial charge on any atom is -0.354 e. The molecule has 0 radical (unpaired) electrons. The van der Waals surface area contributed by atoms with E-state index in [2.05, 4.69) is 10.3 Å². The van der Waals surface area contributed by atoms with E-state index in [4.69, 9.17) is 11.6 Å². The first-order valence-electron chi connectivity index (χ1n) is 6.32. The molecule has 0 aliphatic rings. The van der Waals surface area contributed by atoms with Gasteiger partial charge in [-0.15, -0.1) is 0 Å². The molecule has 0 saturated heterocycles. The molecule has 3 rings (SSSR count). The Morgan fingerprint density at radius 3 is 2.71 bits per heavy atom. The monoisotopic (exact) mass is 317 g/mol. The molecule has 0 aliphatic heterocycles. The smallest absolute Gasteiger partial charge is 0.270 e. The molecular weight excluding hydrogens is 306 g/mol. The predicted octanol–water partition coefficient (Wildman–Crippen LogP) is 3.60. The van der Waals surface area contributed by atoms with Gasteiger partial charge in [0.1, 0.15) is 11.2 Å². The molecule has 0 aliphatic carbocycles. The van der Waals surface area contributed by atoms with E-state index >= 15 is 0 Å². The molecule has 106 valence electrons. The van der Waals surface area contributed by atoms with Gasteiger partial charge in [0.15, 0.2) is 0 Å². The van der Waals surface area contributed by atoms with Crippen LogP contribution < -0.4 is 5.32 Å². The molecule has 0 spiro atoms. The lowest BCUT2D eigenvalue weighted by molar-refractivity contribution is 0.0958. The second kappa shape index (κ2) is 5.79. The van der Waals surface area contributed by atoms with Crippen molar-refractivity contribution < 1.29 is 4.79 Å². The Kier molecular flexibility index (Phi) is 3.86. The summed E-state index contributed by atoms with van der Waals surface area (Å²) in [6, 6.07) is 13.5. The number of fused-ring (bicyclic) bond motifs is 1. The normalized spacial score (nSPS) is 10.8. The number of pyridine rings is 1. The molecule has 6 heteroatoms. The van der Waals surface area contributed by atoms with Gasteiger partial charge in [0, 0.05) is 18.1 Å². The van der Waals surface area contributed by atoms with Crippen LogP contribution in [0.1, 0.15) is 10.5 Å². The van der Waals surface area contributed by atoms with Crippen LogP contribution >= 0.6 is 23.5 Å². The third kappa shape index (κ3) is 2.50. The van der Waals surface area contributed by atoms with Crippen LogP contribution in [0, 0.1) is 0 Å². The standard InChI is InChI=1S/C15H12ClN3OS/c1-17-15(20)14-12(16)13-11(8-5-9-18-13)19(14)21-10-6-3-2-4-7-10/h2-9H,1H3,(H,17,20). The highest BCUT2D eigenvalue weighted by atomic mass is 35.5. The number of amides is 1. The van der Waals surface area contributed by atoms with Crippen molar-refractivity contribution in [3.05, 3.63) is 59.4 Å². The molecule has 0 unspecified atom stereocenters. The van der Waals surface area contributed by atoms with Gasteiger partial charge in [-0.25, -0.2) is 0 Å². The number of hydrogen-bond donors (Lipinski definition) is 1. The molecule has 21 heavy (non-hydrogen) atoms. The fourth-order valence-corrected chi connectivity index (χ4v) is 3.41. The van der Waals surface area contributed by atoms with E-state index in [1.165, 1.54) is 11.9 Å². The van der Waals surface area contributed by atoms with Crippen molar-refractivity contribution in [2.75, 3.05) is 7.05 Å². The number of aromatic nitrogens is 2. The van der Waals surface area contributed by atoms with E-state index in [0.717, 1.165) is 10.4 Å². The Hall–Kier alpha value is -1.98. The number of halogens is 1. The summed E-state index contributed by atoms with van der Waals surface area (Å²) < 4.78 is 1.82. The Morgan fingerprint density at radius 1 is 1.24 bits per heavy atom. The van der Waals surface area contributed by atoms with Gasteiger partial charge < -0.3 is 5.32 Å². The van der Waals surface area contributed by atoms with Crippen molar-refractivity contribution >= 4 is 40.5 Å². The minimum absolute atomic E-state index is 0.235. The molecule has 4 nitrogen and oxygen atoms in total. The lowest BCUT2D eigenvalue weighted by Crippen LogP contribution is -2.20. The van der Waals surface area contributed by atoms with Crippen molar-refractivity contribution in [3.63, 3.8) is 0 Å². The highest BCUT2D eigenvalue weighted by Gasteiger charge is 2.22. The van der Waals surface area contributed by atoms with Crippen LogP contribution in [0.3, 0.4) is 0 Å². The SMILES string of the molecule is CNC(=O)c1c(Cl)c2ncccc2n1Sc1ccccc1. The first-order chi connectivity index (χ1) is 10.2. The average molecular weight is 318 g/mol. The zero-order valence-electron chi connectivity index (χ0n) is 11.2. The fraction of sp³-hybridized carbons (Fsp3) is 0.0667. The maximum Gasteiger partial charge on any atom is 0.270 e. The molecule has 1 aromatic carbocycles. The number of rotatable bonds is 3. The average Bonchev–Trinajstić information content (AvgIpc) is 2.81. The molecule has 0 bridgehead atoms. The van der Waals surface area contributed by atoms with Crippen molar-refractivity contribution in [3.8, 4) is 0 Å². The molecule has 0 saturated carbocycles. The third-order valence-corrected chi connectivity index (χ3v) is 4.41. The summed E-state index contributed by atoms with van der Waals surface area (Å²) in [4.78, 5) is 17.4. The van der Waals surface area contributed by atoms with Crippen molar-refractivity contribution in [2.45, 2.75) is 4.90 Å². The van der Waals surface area contributed by atoms with Crippen LogP contribution in [0.15, 0.2) is 53.6 Å². The Balaban J connectivity index is 2.21. The summed E-state index contributed by atoms with van der Waals surface area (Å²) in [7, 11) is 1.58. The first kappa shape index (κ1) is 14.0. The van der Waals surface area contributed by atoms with Crippen molar-refractivity contribution in [2.24, 2.45) is 0 Å². The third-order valence-electron chi connectivity index (χ3n) is 3.01. The summed E-state index contributed by atoms with van der Waals surface area (Å²) in [6.45, 7) is 0. The summed E-state index contributed by atoms with van der Waals surface area (Å²) in [6.07, 6.45) is 1.67. The van der Waals surface area contributed by atoms with Crippen LogP contribution in [0.5, 0.6) is 0 Å². The van der Waals surface area contributed by atoms with E-state index in [9.17, 15) is 4.79 Å². The van der Waals surface area contributed by atoms with Gasteiger partial charge in [0.05, 0.1) is 10.5 Å². The number of nitrogens with one attached hydrogen (secondary N) is 1. The number of hydrogen-bond acceptors (Lipinski definition) is 3. The van der Waals surface area contributed by atoms with Gasteiger partial charge in [0.2, 0.25) is 0 Å². The van der Waals surface area contributed by atoms with Gasteiger partial charge in [-0.3, -0.25) is 13.8 Å². The molecule has 1 N–H and O–H groups in total. The van der Waals surface area contributed by atoms with Crippen LogP contribution in [-0.2, 0) is 0 Å². The molecule has 0 fully saturated rings. The van der Waals surface area contributed by atoms with Gasteiger partial charge in [-0.1, -0.05) is 29.8 Å². The van der Waals surface area contributed by atoms with Crippen molar-refractivity contribution in [1.82, 2.24) is 14.3 Å². The molecule has 3 aromatic rings. The Bertz CT molecular complexity index is 801. The van der Waals surface area contributed by atoms with Crippen LogP contribution in [0.25, 0.3) is 11.0 Å². The van der Waals surface area contributed by atoms with Crippen LogP contribution in [-0.4, -0.2) is 21.9 Å². The second-order valence-electron chi connectivity index (χ2n) is 4.31. The number of benzene rings is 1. The lowest BCUT2D eigenvalue weighted by atomic mass is 10.3. The van der Waals surface area contributed by atoms with Gasteiger partial charge >= 0.3 is 0 Å². The number of carbonyl (C=O) groups is 1. The van der Waals surface area contributed by atoms with Crippen LogP contribution in [0.2, 0.25) is 5.02 Å². The maximum absolute atomic E-state index is 12.2. The van der Waals surface area contributed by atoms with E-state index in [0.29, 0.717) is 16.2 Å². The lowest BCUT2D eigenvalue weighted by Gasteiger charge is -2.08. The second-order valence-corrected chi connectivity index (χ2v) is 5.71. The molecule has 1 amide bonds.